The van der Waals surface area contributed by atoms with Crippen molar-refractivity contribution in [3.8, 4) is 0 Å². The number of nitrogens with one attached hydrogen (secondary N) is 1. The minimum atomic E-state index is -3.39. The quantitative estimate of drug-likeness (QED) is 0.879. The molecule has 0 unspecified atom stereocenters. The predicted octanol–water partition coefficient (Wildman–Crippen LogP) is 2.75. The van der Waals surface area contributed by atoms with Crippen LogP contribution in [0.15, 0.2) is 29.2 Å². The van der Waals surface area contributed by atoms with Crippen LogP contribution < -0.4 is 5.32 Å². The Balaban J connectivity index is 2.27. The summed E-state index contributed by atoms with van der Waals surface area (Å²) >= 11 is 0. The van der Waals surface area contributed by atoms with Crippen molar-refractivity contribution in [1.82, 2.24) is 9.62 Å². The van der Waals surface area contributed by atoms with Crippen LogP contribution in [0.2, 0.25) is 0 Å². The Hall–Kier alpha value is -0.910. The SMILES string of the molecule is CCN(C1CCCCC1)S(=O)(=O)c1cccc(CNC)c1. The van der Waals surface area contributed by atoms with E-state index in [1.807, 2.05) is 26.1 Å². The number of benzene rings is 1. The molecular weight excluding hydrogens is 284 g/mol. The van der Waals surface area contributed by atoms with Crippen LogP contribution in [0, 0.1) is 0 Å². The Bertz CT molecular complexity index is 551. The third-order valence-corrected chi connectivity index (χ3v) is 6.20. The second-order valence-electron chi connectivity index (χ2n) is 5.68. The molecule has 0 heterocycles. The van der Waals surface area contributed by atoms with E-state index in [0.717, 1.165) is 31.2 Å². The van der Waals surface area contributed by atoms with Crippen LogP contribution in [0.25, 0.3) is 0 Å². The summed E-state index contributed by atoms with van der Waals surface area (Å²) in [4.78, 5) is 0.419. The minimum Gasteiger partial charge on any atom is -0.316 e. The average molecular weight is 310 g/mol. The van der Waals surface area contributed by atoms with E-state index in [4.69, 9.17) is 0 Å². The molecule has 1 fully saturated rings. The van der Waals surface area contributed by atoms with Gasteiger partial charge in [0.1, 0.15) is 0 Å². The molecule has 0 aromatic heterocycles. The van der Waals surface area contributed by atoms with Gasteiger partial charge in [-0.25, -0.2) is 8.42 Å². The molecule has 1 N–H and O–H groups in total. The van der Waals surface area contributed by atoms with Crippen molar-refractivity contribution in [1.29, 1.82) is 0 Å². The van der Waals surface area contributed by atoms with Crippen LogP contribution in [0.5, 0.6) is 0 Å². The molecule has 4 nitrogen and oxygen atoms in total. The molecule has 0 aliphatic heterocycles. The standard InChI is InChI=1S/C16H26N2O2S/c1-3-18(15-9-5-4-6-10-15)21(19,20)16-11-7-8-14(12-16)13-17-2/h7-8,11-12,15,17H,3-6,9-10,13H2,1-2H3. The summed E-state index contributed by atoms with van der Waals surface area (Å²) in [7, 11) is -1.52. The zero-order valence-electron chi connectivity index (χ0n) is 13.0. The summed E-state index contributed by atoms with van der Waals surface area (Å²) < 4.78 is 27.5. The van der Waals surface area contributed by atoms with Gasteiger partial charge < -0.3 is 5.32 Å². The maximum atomic E-state index is 12.9. The first-order valence-corrected chi connectivity index (χ1v) is 9.29. The fraction of sp³-hybridized carbons (Fsp3) is 0.625. The first-order valence-electron chi connectivity index (χ1n) is 7.85. The molecule has 118 valence electrons. The normalized spacial score (nSPS) is 17.3. The molecule has 1 saturated carbocycles. The fourth-order valence-corrected chi connectivity index (χ4v) is 4.91. The lowest BCUT2D eigenvalue weighted by Gasteiger charge is -2.32. The molecule has 1 aliphatic carbocycles. The van der Waals surface area contributed by atoms with Crippen molar-refractivity contribution in [3.05, 3.63) is 29.8 Å². The zero-order chi connectivity index (χ0) is 15.3. The number of rotatable bonds is 6. The summed E-state index contributed by atoms with van der Waals surface area (Å²) in [5.74, 6) is 0. The van der Waals surface area contributed by atoms with E-state index in [2.05, 4.69) is 5.32 Å². The van der Waals surface area contributed by atoms with Crippen LogP contribution in [0.4, 0.5) is 0 Å². The van der Waals surface area contributed by atoms with Gasteiger partial charge in [0.25, 0.3) is 0 Å². The summed E-state index contributed by atoms with van der Waals surface area (Å²) in [5.41, 5.74) is 0.998. The summed E-state index contributed by atoms with van der Waals surface area (Å²) in [6.07, 6.45) is 5.48. The summed E-state index contributed by atoms with van der Waals surface area (Å²) in [6, 6.07) is 7.44. The molecule has 2 rings (SSSR count). The maximum absolute atomic E-state index is 12.9. The first kappa shape index (κ1) is 16.5. The number of nitrogens with zero attached hydrogens (tertiary/aromatic N) is 1. The van der Waals surface area contributed by atoms with E-state index >= 15 is 0 Å². The van der Waals surface area contributed by atoms with Crippen molar-refractivity contribution < 1.29 is 8.42 Å². The van der Waals surface area contributed by atoms with Gasteiger partial charge in [-0.15, -0.1) is 0 Å². The van der Waals surface area contributed by atoms with Crippen LogP contribution >= 0.6 is 0 Å². The van der Waals surface area contributed by atoms with Gasteiger partial charge in [-0.1, -0.05) is 38.3 Å². The van der Waals surface area contributed by atoms with E-state index in [9.17, 15) is 8.42 Å². The van der Waals surface area contributed by atoms with Gasteiger partial charge in [0.15, 0.2) is 0 Å². The molecule has 1 aromatic rings. The van der Waals surface area contributed by atoms with Gasteiger partial charge >= 0.3 is 0 Å². The third-order valence-electron chi connectivity index (χ3n) is 4.18. The second kappa shape index (κ2) is 7.38. The van der Waals surface area contributed by atoms with Crippen LogP contribution in [0.1, 0.15) is 44.6 Å². The summed E-state index contributed by atoms with van der Waals surface area (Å²) in [6.45, 7) is 3.16. The molecule has 1 aromatic carbocycles. The summed E-state index contributed by atoms with van der Waals surface area (Å²) in [5, 5.41) is 3.06. The van der Waals surface area contributed by atoms with Crippen molar-refractivity contribution in [2.24, 2.45) is 0 Å². The largest absolute Gasteiger partial charge is 0.316 e. The fourth-order valence-electron chi connectivity index (χ4n) is 3.15. The molecule has 0 spiro atoms. The highest BCUT2D eigenvalue weighted by atomic mass is 32.2. The minimum absolute atomic E-state index is 0.168. The Morgan fingerprint density at radius 2 is 1.95 bits per heavy atom. The molecule has 0 atom stereocenters. The molecule has 0 bridgehead atoms. The lowest BCUT2D eigenvalue weighted by Crippen LogP contribution is -2.41. The van der Waals surface area contributed by atoms with Crippen molar-refractivity contribution in [2.75, 3.05) is 13.6 Å². The number of sulfonamides is 1. The second-order valence-corrected chi connectivity index (χ2v) is 7.57. The molecule has 1 aliphatic rings. The van der Waals surface area contributed by atoms with E-state index in [1.54, 1.807) is 16.4 Å². The van der Waals surface area contributed by atoms with Gasteiger partial charge in [-0.3, -0.25) is 0 Å². The highest BCUT2D eigenvalue weighted by molar-refractivity contribution is 7.89. The average Bonchev–Trinajstić information content (AvgIpc) is 2.49. The number of hydrogen-bond donors (Lipinski definition) is 1. The third kappa shape index (κ3) is 3.84. The molecule has 0 radical (unpaired) electrons. The monoisotopic (exact) mass is 310 g/mol. The highest BCUT2D eigenvalue weighted by Crippen LogP contribution is 2.27. The van der Waals surface area contributed by atoms with Gasteiger partial charge in [0.05, 0.1) is 4.90 Å². The van der Waals surface area contributed by atoms with Gasteiger partial charge in [0, 0.05) is 19.1 Å². The zero-order valence-corrected chi connectivity index (χ0v) is 13.8. The topological polar surface area (TPSA) is 49.4 Å². The van der Waals surface area contributed by atoms with Gasteiger partial charge in [-0.2, -0.15) is 4.31 Å². The smallest absolute Gasteiger partial charge is 0.243 e. The van der Waals surface area contributed by atoms with Crippen molar-refractivity contribution in [3.63, 3.8) is 0 Å². The van der Waals surface area contributed by atoms with E-state index in [1.165, 1.54) is 6.42 Å². The Kier molecular flexibility index (Phi) is 5.79. The molecule has 5 heteroatoms. The van der Waals surface area contributed by atoms with E-state index < -0.39 is 10.0 Å². The van der Waals surface area contributed by atoms with Crippen molar-refractivity contribution >= 4 is 10.0 Å². The number of hydrogen-bond acceptors (Lipinski definition) is 3. The highest BCUT2D eigenvalue weighted by Gasteiger charge is 2.31. The van der Waals surface area contributed by atoms with Crippen LogP contribution in [-0.2, 0) is 16.6 Å². The van der Waals surface area contributed by atoms with Gasteiger partial charge in [0.2, 0.25) is 10.0 Å². The van der Waals surface area contributed by atoms with E-state index in [-0.39, 0.29) is 6.04 Å². The van der Waals surface area contributed by atoms with Crippen LogP contribution in [0.3, 0.4) is 0 Å². The maximum Gasteiger partial charge on any atom is 0.243 e. The first-order chi connectivity index (χ1) is 10.1. The van der Waals surface area contributed by atoms with Crippen molar-refractivity contribution in [2.45, 2.75) is 56.5 Å². The lowest BCUT2D eigenvalue weighted by molar-refractivity contribution is 0.261. The van der Waals surface area contributed by atoms with Gasteiger partial charge in [-0.05, 0) is 37.6 Å². The molecule has 21 heavy (non-hydrogen) atoms. The van der Waals surface area contributed by atoms with Crippen LogP contribution in [-0.4, -0.2) is 32.4 Å². The Labute approximate surface area is 128 Å². The van der Waals surface area contributed by atoms with E-state index in [0.29, 0.717) is 18.0 Å². The Morgan fingerprint density at radius 3 is 2.57 bits per heavy atom. The lowest BCUT2D eigenvalue weighted by atomic mass is 9.95. The molecule has 0 saturated heterocycles. The predicted molar refractivity (Wildman–Crippen MR) is 85.6 cm³/mol. The Morgan fingerprint density at radius 1 is 1.24 bits per heavy atom. The molecule has 0 amide bonds. The molecular formula is C16H26N2O2S.